The minimum atomic E-state index is -0.644. The number of hydrogen-bond acceptors (Lipinski definition) is 4. The summed E-state index contributed by atoms with van der Waals surface area (Å²) in [6.07, 6.45) is 0. The first-order chi connectivity index (χ1) is 14.6. The smallest absolute Gasteiger partial charge is 0.251 e. The fraction of sp³-hybridized carbons (Fsp3) is 0.440. The molecule has 0 aliphatic heterocycles. The van der Waals surface area contributed by atoms with Gasteiger partial charge in [0.05, 0.1) is 14.2 Å². The van der Waals surface area contributed by atoms with Crippen molar-refractivity contribution in [3.05, 3.63) is 59.2 Å². The van der Waals surface area contributed by atoms with Gasteiger partial charge in [-0.15, -0.1) is 0 Å². The zero-order valence-electron chi connectivity index (χ0n) is 19.6. The average Bonchev–Trinajstić information content (AvgIpc) is 2.76. The summed E-state index contributed by atoms with van der Waals surface area (Å²) >= 11 is 0. The molecule has 0 saturated heterocycles. The molecule has 1 unspecified atom stereocenters. The predicted molar refractivity (Wildman–Crippen MR) is 123 cm³/mol. The third-order valence-electron chi connectivity index (χ3n) is 5.25. The molecule has 2 aromatic rings. The van der Waals surface area contributed by atoms with Crippen LogP contribution in [0.1, 0.15) is 56.1 Å². The molecular formula is C25H34N2O4. The second kappa shape index (κ2) is 10.3. The highest BCUT2D eigenvalue weighted by atomic mass is 16.5. The molecule has 0 aliphatic rings. The van der Waals surface area contributed by atoms with E-state index in [1.807, 2.05) is 37.3 Å². The van der Waals surface area contributed by atoms with E-state index in [1.54, 1.807) is 38.2 Å². The Kier molecular flexibility index (Phi) is 8.08. The van der Waals surface area contributed by atoms with Gasteiger partial charge in [-0.2, -0.15) is 0 Å². The molecule has 0 radical (unpaired) electrons. The molecule has 2 amide bonds. The lowest BCUT2D eigenvalue weighted by Crippen LogP contribution is -2.46. The monoisotopic (exact) mass is 426 g/mol. The minimum absolute atomic E-state index is 0.0179. The molecule has 6 heteroatoms. The van der Waals surface area contributed by atoms with Crippen molar-refractivity contribution in [3.8, 4) is 11.5 Å². The maximum absolute atomic E-state index is 13.0. The molecule has 0 aliphatic carbocycles. The quantitative estimate of drug-likeness (QED) is 0.688. The standard InChI is InChI=1S/C25H34N2O4/c1-8-27(16-18-9-14-21(30-6)22(15-18)31-7)24(29)17(2)26-23(28)19-10-12-20(13-11-19)25(3,4)5/h9-15,17H,8,16H2,1-7H3,(H,26,28). The van der Waals surface area contributed by atoms with Gasteiger partial charge in [-0.1, -0.05) is 39.0 Å². The molecule has 31 heavy (non-hydrogen) atoms. The van der Waals surface area contributed by atoms with E-state index in [-0.39, 0.29) is 17.2 Å². The lowest BCUT2D eigenvalue weighted by Gasteiger charge is -2.25. The minimum Gasteiger partial charge on any atom is -0.493 e. The highest BCUT2D eigenvalue weighted by Gasteiger charge is 2.22. The molecule has 1 atom stereocenters. The fourth-order valence-electron chi connectivity index (χ4n) is 3.28. The first kappa shape index (κ1) is 24.3. The van der Waals surface area contributed by atoms with Crippen molar-refractivity contribution in [2.45, 2.75) is 52.6 Å². The fourth-order valence-corrected chi connectivity index (χ4v) is 3.28. The van der Waals surface area contributed by atoms with Crippen LogP contribution in [0.15, 0.2) is 42.5 Å². The molecule has 0 saturated carbocycles. The third-order valence-corrected chi connectivity index (χ3v) is 5.25. The molecule has 0 fully saturated rings. The van der Waals surface area contributed by atoms with Gasteiger partial charge in [0.25, 0.3) is 5.91 Å². The number of likely N-dealkylation sites (N-methyl/N-ethyl adjacent to an activating group) is 1. The van der Waals surface area contributed by atoms with Crippen molar-refractivity contribution < 1.29 is 19.1 Å². The van der Waals surface area contributed by atoms with Gasteiger partial charge < -0.3 is 19.7 Å². The van der Waals surface area contributed by atoms with Crippen LogP contribution in [0.25, 0.3) is 0 Å². The zero-order valence-corrected chi connectivity index (χ0v) is 19.6. The van der Waals surface area contributed by atoms with Crippen molar-refractivity contribution in [2.24, 2.45) is 0 Å². The van der Waals surface area contributed by atoms with Crippen LogP contribution >= 0.6 is 0 Å². The molecule has 2 rings (SSSR count). The van der Waals surface area contributed by atoms with E-state index < -0.39 is 6.04 Å². The molecule has 0 heterocycles. The maximum atomic E-state index is 13.0. The van der Waals surface area contributed by atoms with Crippen molar-refractivity contribution in [1.29, 1.82) is 0 Å². The molecule has 0 bridgehead atoms. The SMILES string of the molecule is CCN(Cc1ccc(OC)c(OC)c1)C(=O)C(C)NC(=O)c1ccc(C(C)(C)C)cc1. The molecule has 1 N–H and O–H groups in total. The highest BCUT2D eigenvalue weighted by Crippen LogP contribution is 2.28. The van der Waals surface area contributed by atoms with Crippen molar-refractivity contribution >= 4 is 11.8 Å². The second-order valence-corrected chi connectivity index (χ2v) is 8.56. The van der Waals surface area contributed by atoms with Crippen LogP contribution in [-0.2, 0) is 16.8 Å². The number of methoxy groups -OCH3 is 2. The molecule has 0 aromatic heterocycles. The number of nitrogens with zero attached hydrogens (tertiary/aromatic N) is 1. The number of carbonyl (C=O) groups excluding carboxylic acids is 2. The third kappa shape index (κ3) is 6.23. The zero-order chi connectivity index (χ0) is 23.2. The van der Waals surface area contributed by atoms with E-state index in [2.05, 4.69) is 26.1 Å². The molecular weight excluding hydrogens is 392 g/mol. The van der Waals surface area contributed by atoms with Crippen LogP contribution in [-0.4, -0.2) is 43.5 Å². The summed E-state index contributed by atoms with van der Waals surface area (Å²) in [5, 5.41) is 2.82. The summed E-state index contributed by atoms with van der Waals surface area (Å²) in [4.78, 5) is 27.3. The Balaban J connectivity index is 2.05. The molecule has 6 nitrogen and oxygen atoms in total. The van der Waals surface area contributed by atoms with E-state index in [0.29, 0.717) is 30.2 Å². The summed E-state index contributed by atoms with van der Waals surface area (Å²) in [6, 6.07) is 12.4. The number of carbonyl (C=O) groups is 2. The van der Waals surface area contributed by atoms with Crippen LogP contribution in [0.3, 0.4) is 0 Å². The van der Waals surface area contributed by atoms with E-state index in [1.165, 1.54) is 0 Å². The van der Waals surface area contributed by atoms with Gasteiger partial charge in [0.2, 0.25) is 5.91 Å². The Morgan fingerprint density at radius 1 is 1.00 bits per heavy atom. The van der Waals surface area contributed by atoms with Gasteiger partial charge in [0, 0.05) is 18.7 Å². The largest absolute Gasteiger partial charge is 0.493 e. The summed E-state index contributed by atoms with van der Waals surface area (Å²) < 4.78 is 10.6. The number of hydrogen-bond donors (Lipinski definition) is 1. The lowest BCUT2D eigenvalue weighted by atomic mass is 9.86. The Labute approximate surface area is 185 Å². The van der Waals surface area contributed by atoms with Gasteiger partial charge in [0.1, 0.15) is 6.04 Å². The number of nitrogens with one attached hydrogen (secondary N) is 1. The lowest BCUT2D eigenvalue weighted by molar-refractivity contribution is -0.133. The van der Waals surface area contributed by atoms with Gasteiger partial charge in [-0.3, -0.25) is 9.59 Å². The Morgan fingerprint density at radius 2 is 1.61 bits per heavy atom. The summed E-state index contributed by atoms with van der Waals surface area (Å²) in [7, 11) is 3.16. The number of benzene rings is 2. The van der Waals surface area contributed by atoms with E-state index >= 15 is 0 Å². The van der Waals surface area contributed by atoms with E-state index in [4.69, 9.17) is 9.47 Å². The second-order valence-electron chi connectivity index (χ2n) is 8.56. The van der Waals surface area contributed by atoms with E-state index in [9.17, 15) is 9.59 Å². The summed E-state index contributed by atoms with van der Waals surface area (Å²) in [6.45, 7) is 10.9. The summed E-state index contributed by atoms with van der Waals surface area (Å²) in [5.41, 5.74) is 2.63. The van der Waals surface area contributed by atoms with Gasteiger partial charge in [-0.25, -0.2) is 0 Å². The van der Waals surface area contributed by atoms with Crippen molar-refractivity contribution in [1.82, 2.24) is 10.2 Å². The topological polar surface area (TPSA) is 67.9 Å². The van der Waals surface area contributed by atoms with Gasteiger partial charge >= 0.3 is 0 Å². The van der Waals surface area contributed by atoms with Crippen LogP contribution in [0.4, 0.5) is 0 Å². The van der Waals surface area contributed by atoms with Crippen LogP contribution < -0.4 is 14.8 Å². The van der Waals surface area contributed by atoms with Gasteiger partial charge in [-0.05, 0) is 54.7 Å². The maximum Gasteiger partial charge on any atom is 0.251 e. The van der Waals surface area contributed by atoms with Crippen LogP contribution in [0, 0.1) is 0 Å². The van der Waals surface area contributed by atoms with Crippen molar-refractivity contribution in [2.75, 3.05) is 20.8 Å². The number of amides is 2. The Bertz CT molecular complexity index is 901. The number of rotatable bonds is 8. The molecule has 2 aromatic carbocycles. The Hall–Kier alpha value is -3.02. The summed E-state index contributed by atoms with van der Waals surface area (Å²) in [5.74, 6) is 0.850. The van der Waals surface area contributed by atoms with Crippen molar-refractivity contribution in [3.63, 3.8) is 0 Å². The molecule has 0 spiro atoms. The van der Waals surface area contributed by atoms with Crippen LogP contribution in [0.2, 0.25) is 0 Å². The van der Waals surface area contributed by atoms with Gasteiger partial charge in [0.15, 0.2) is 11.5 Å². The highest BCUT2D eigenvalue weighted by molar-refractivity contribution is 5.97. The first-order valence-corrected chi connectivity index (χ1v) is 10.5. The normalized spacial score (nSPS) is 12.1. The molecule has 168 valence electrons. The van der Waals surface area contributed by atoms with Crippen LogP contribution in [0.5, 0.6) is 11.5 Å². The number of ether oxygens (including phenoxy) is 2. The predicted octanol–water partition coefficient (Wildman–Crippen LogP) is 4.17. The first-order valence-electron chi connectivity index (χ1n) is 10.5. The Morgan fingerprint density at radius 3 is 2.13 bits per heavy atom. The van der Waals surface area contributed by atoms with E-state index in [0.717, 1.165) is 11.1 Å². The average molecular weight is 427 g/mol.